The van der Waals surface area contributed by atoms with Gasteiger partial charge in [0.25, 0.3) is 0 Å². The summed E-state index contributed by atoms with van der Waals surface area (Å²) in [5.74, 6) is -0.627. The van der Waals surface area contributed by atoms with Crippen molar-refractivity contribution in [3.05, 3.63) is 59.9 Å². The van der Waals surface area contributed by atoms with E-state index in [1.807, 2.05) is 24.3 Å². The summed E-state index contributed by atoms with van der Waals surface area (Å²) < 4.78 is 12.9. The Bertz CT molecular complexity index is 776. The normalized spacial score (nSPS) is 13.0. The maximum atomic E-state index is 12.9. The van der Waals surface area contributed by atoms with Crippen molar-refractivity contribution in [1.29, 1.82) is 0 Å². The quantitative estimate of drug-likeness (QED) is 0.908. The zero-order chi connectivity index (χ0) is 17.8. The lowest BCUT2D eigenvalue weighted by Crippen LogP contribution is -2.40. The minimum absolute atomic E-state index is 0.0259. The van der Waals surface area contributed by atoms with Gasteiger partial charge in [0.05, 0.1) is 13.1 Å². The number of hydrogen-bond acceptors (Lipinski definition) is 3. The number of hydrogen-bond donors (Lipinski definition) is 1. The van der Waals surface area contributed by atoms with Crippen molar-refractivity contribution in [3.63, 3.8) is 0 Å². The first kappa shape index (κ1) is 17.1. The van der Waals surface area contributed by atoms with Gasteiger partial charge in [0.1, 0.15) is 5.82 Å². The van der Waals surface area contributed by atoms with Gasteiger partial charge in [0.2, 0.25) is 11.8 Å². The molecular formula is C19H20FN3O2. The fourth-order valence-electron chi connectivity index (χ4n) is 2.95. The summed E-state index contributed by atoms with van der Waals surface area (Å²) in [4.78, 5) is 28.0. The fourth-order valence-corrected chi connectivity index (χ4v) is 2.95. The van der Waals surface area contributed by atoms with E-state index >= 15 is 0 Å². The zero-order valence-corrected chi connectivity index (χ0v) is 14.0. The van der Waals surface area contributed by atoms with E-state index in [1.54, 1.807) is 16.8 Å². The largest absolute Gasteiger partial charge is 0.325 e. The van der Waals surface area contributed by atoms with Crippen molar-refractivity contribution < 1.29 is 14.0 Å². The highest BCUT2D eigenvalue weighted by molar-refractivity contribution is 5.97. The minimum atomic E-state index is -0.355. The highest BCUT2D eigenvalue weighted by Gasteiger charge is 2.25. The number of para-hydroxylation sites is 1. The Morgan fingerprint density at radius 1 is 1.12 bits per heavy atom. The maximum absolute atomic E-state index is 12.9. The van der Waals surface area contributed by atoms with Gasteiger partial charge >= 0.3 is 0 Å². The van der Waals surface area contributed by atoms with Crippen LogP contribution in [0.25, 0.3) is 0 Å². The lowest BCUT2D eigenvalue weighted by molar-refractivity contribution is -0.120. The van der Waals surface area contributed by atoms with Crippen molar-refractivity contribution in [1.82, 2.24) is 4.90 Å². The van der Waals surface area contributed by atoms with Gasteiger partial charge in [-0.25, -0.2) is 4.39 Å². The Kier molecular flexibility index (Phi) is 5.09. The average Bonchev–Trinajstić information content (AvgIpc) is 3.01. The number of anilines is 2. The molecule has 0 fully saturated rings. The number of likely N-dealkylation sites (N-methyl/N-ethyl adjacent to an activating group) is 1. The Morgan fingerprint density at radius 2 is 1.84 bits per heavy atom. The number of carbonyl (C=O) groups is 2. The predicted octanol–water partition coefficient (Wildman–Crippen LogP) is 2.29. The Hall–Kier alpha value is -2.73. The van der Waals surface area contributed by atoms with E-state index in [-0.39, 0.29) is 30.7 Å². The molecule has 1 heterocycles. The molecule has 0 unspecified atom stereocenters. The number of rotatable bonds is 5. The molecule has 6 heteroatoms. The molecule has 0 atom stereocenters. The van der Waals surface area contributed by atoms with E-state index in [2.05, 4.69) is 5.32 Å². The second kappa shape index (κ2) is 7.44. The van der Waals surface area contributed by atoms with Crippen LogP contribution >= 0.6 is 0 Å². The molecule has 0 spiro atoms. The first-order valence-corrected chi connectivity index (χ1v) is 8.15. The summed E-state index contributed by atoms with van der Waals surface area (Å²) in [6.45, 7) is 0.914. The summed E-state index contributed by atoms with van der Waals surface area (Å²) in [6, 6.07) is 13.4. The van der Waals surface area contributed by atoms with Crippen LogP contribution in [0.1, 0.15) is 5.56 Å². The molecule has 2 aromatic rings. The Labute approximate surface area is 146 Å². The van der Waals surface area contributed by atoms with Crippen LogP contribution in [0.5, 0.6) is 0 Å². The molecule has 1 aliphatic heterocycles. The number of nitrogens with zero attached hydrogens (tertiary/aromatic N) is 2. The Morgan fingerprint density at radius 3 is 2.60 bits per heavy atom. The number of carbonyl (C=O) groups excluding carboxylic acids is 2. The third-order valence-electron chi connectivity index (χ3n) is 4.13. The van der Waals surface area contributed by atoms with Gasteiger partial charge in [-0.1, -0.05) is 18.2 Å². The molecule has 0 bridgehead atoms. The van der Waals surface area contributed by atoms with Gasteiger partial charge in [-0.3, -0.25) is 14.5 Å². The van der Waals surface area contributed by atoms with E-state index in [0.717, 1.165) is 12.1 Å². The van der Waals surface area contributed by atoms with E-state index < -0.39 is 0 Å². The van der Waals surface area contributed by atoms with Crippen LogP contribution in [0.15, 0.2) is 48.5 Å². The minimum Gasteiger partial charge on any atom is -0.325 e. The molecule has 130 valence electrons. The first-order valence-electron chi connectivity index (χ1n) is 8.15. The SMILES string of the molecule is CN(CC(=O)Nc1ccc(F)cc1)CC(=O)N1CCc2ccccc21. The van der Waals surface area contributed by atoms with Crippen molar-refractivity contribution in [2.24, 2.45) is 0 Å². The highest BCUT2D eigenvalue weighted by Crippen LogP contribution is 2.27. The number of fused-ring (bicyclic) bond motifs is 1. The maximum Gasteiger partial charge on any atom is 0.241 e. The smallest absolute Gasteiger partial charge is 0.241 e. The van der Waals surface area contributed by atoms with Crippen molar-refractivity contribution in [3.8, 4) is 0 Å². The van der Waals surface area contributed by atoms with Crippen molar-refractivity contribution >= 4 is 23.2 Å². The standard InChI is InChI=1S/C19H20FN3O2/c1-22(12-18(24)21-16-8-6-15(20)7-9-16)13-19(25)23-11-10-14-4-2-3-5-17(14)23/h2-9H,10-13H2,1H3,(H,21,24). The number of halogens is 1. The highest BCUT2D eigenvalue weighted by atomic mass is 19.1. The van der Waals surface area contributed by atoms with E-state index in [1.165, 1.54) is 29.8 Å². The molecular weight excluding hydrogens is 321 g/mol. The fraction of sp³-hybridized carbons (Fsp3) is 0.263. The summed E-state index contributed by atoms with van der Waals surface area (Å²) in [7, 11) is 1.73. The Balaban J connectivity index is 1.52. The average molecular weight is 341 g/mol. The van der Waals surface area contributed by atoms with Crippen LogP contribution in [-0.2, 0) is 16.0 Å². The van der Waals surface area contributed by atoms with Gasteiger partial charge in [-0.2, -0.15) is 0 Å². The predicted molar refractivity (Wildman–Crippen MR) is 95.0 cm³/mol. The zero-order valence-electron chi connectivity index (χ0n) is 14.0. The van der Waals surface area contributed by atoms with Crippen LogP contribution in [0.3, 0.4) is 0 Å². The topological polar surface area (TPSA) is 52.7 Å². The van der Waals surface area contributed by atoms with Crippen LogP contribution in [0, 0.1) is 5.82 Å². The molecule has 0 saturated heterocycles. The molecule has 0 aliphatic carbocycles. The molecule has 0 aromatic heterocycles. The lowest BCUT2D eigenvalue weighted by Gasteiger charge is -2.21. The van der Waals surface area contributed by atoms with E-state index in [4.69, 9.17) is 0 Å². The van der Waals surface area contributed by atoms with Crippen molar-refractivity contribution in [2.45, 2.75) is 6.42 Å². The summed E-state index contributed by atoms with van der Waals surface area (Å²) >= 11 is 0. The van der Waals surface area contributed by atoms with Crippen LogP contribution in [0.4, 0.5) is 15.8 Å². The van der Waals surface area contributed by atoms with Crippen LogP contribution in [-0.4, -0.2) is 43.4 Å². The summed E-state index contributed by atoms with van der Waals surface area (Å²) in [5.41, 5.74) is 2.66. The van der Waals surface area contributed by atoms with Crippen LogP contribution < -0.4 is 10.2 Å². The molecule has 2 aromatic carbocycles. The number of benzene rings is 2. The molecule has 5 nitrogen and oxygen atoms in total. The van der Waals surface area contributed by atoms with Crippen molar-refractivity contribution in [2.75, 3.05) is 36.9 Å². The first-order chi connectivity index (χ1) is 12.0. The summed E-state index contributed by atoms with van der Waals surface area (Å²) in [5, 5.41) is 2.69. The molecule has 3 rings (SSSR count). The molecule has 1 N–H and O–H groups in total. The van der Waals surface area contributed by atoms with E-state index in [9.17, 15) is 14.0 Å². The second-order valence-corrected chi connectivity index (χ2v) is 6.15. The molecule has 0 radical (unpaired) electrons. The second-order valence-electron chi connectivity index (χ2n) is 6.15. The van der Waals surface area contributed by atoms with Gasteiger partial charge in [-0.15, -0.1) is 0 Å². The number of amides is 2. The number of nitrogens with one attached hydrogen (secondary N) is 1. The van der Waals surface area contributed by atoms with Gasteiger partial charge in [0, 0.05) is 17.9 Å². The third-order valence-corrected chi connectivity index (χ3v) is 4.13. The summed E-state index contributed by atoms with van der Waals surface area (Å²) in [6.07, 6.45) is 0.858. The monoisotopic (exact) mass is 341 g/mol. The molecule has 1 aliphatic rings. The van der Waals surface area contributed by atoms with Crippen LogP contribution in [0.2, 0.25) is 0 Å². The van der Waals surface area contributed by atoms with Gasteiger partial charge in [-0.05, 0) is 49.4 Å². The molecule has 2 amide bonds. The molecule has 0 saturated carbocycles. The molecule has 25 heavy (non-hydrogen) atoms. The van der Waals surface area contributed by atoms with E-state index in [0.29, 0.717) is 12.2 Å². The lowest BCUT2D eigenvalue weighted by atomic mass is 10.2. The van der Waals surface area contributed by atoms with Gasteiger partial charge in [0.15, 0.2) is 0 Å². The van der Waals surface area contributed by atoms with Gasteiger partial charge < -0.3 is 10.2 Å². The third kappa shape index (κ3) is 4.22.